The first-order valence-corrected chi connectivity index (χ1v) is 8.25. The zero-order valence-corrected chi connectivity index (χ0v) is 13.5. The molecule has 106 valence electrons. The zero-order valence-electron chi connectivity index (χ0n) is 11.9. The summed E-state index contributed by atoms with van der Waals surface area (Å²) in [7, 11) is 0. The third-order valence-corrected chi connectivity index (χ3v) is 5.11. The highest BCUT2D eigenvalue weighted by molar-refractivity contribution is 9.10. The van der Waals surface area contributed by atoms with Gasteiger partial charge in [0, 0.05) is 16.7 Å². The Morgan fingerprint density at radius 2 is 2.16 bits per heavy atom. The predicted octanol–water partition coefficient (Wildman–Crippen LogP) is 4.43. The van der Waals surface area contributed by atoms with Crippen molar-refractivity contribution in [2.24, 2.45) is 5.92 Å². The van der Waals surface area contributed by atoms with Crippen molar-refractivity contribution in [2.45, 2.75) is 45.6 Å². The summed E-state index contributed by atoms with van der Waals surface area (Å²) in [6.45, 7) is 5.77. The van der Waals surface area contributed by atoms with Crippen LogP contribution in [0.15, 0.2) is 22.7 Å². The van der Waals surface area contributed by atoms with Crippen LogP contribution in [0.2, 0.25) is 0 Å². The Hall–Kier alpha value is -0.540. The number of hydrogen-bond acceptors (Lipinski definition) is 2. The summed E-state index contributed by atoms with van der Waals surface area (Å²) in [6.07, 6.45) is 6.82. The maximum absolute atomic E-state index is 5.95. The van der Waals surface area contributed by atoms with Gasteiger partial charge in [0.15, 0.2) is 0 Å². The molecule has 0 spiro atoms. The minimum Gasteiger partial charge on any atom is -0.398 e. The second-order valence-electron chi connectivity index (χ2n) is 5.68. The molecule has 1 atom stereocenters. The van der Waals surface area contributed by atoms with Crippen molar-refractivity contribution >= 4 is 21.6 Å². The van der Waals surface area contributed by atoms with Crippen molar-refractivity contribution in [1.82, 2.24) is 4.90 Å². The van der Waals surface area contributed by atoms with E-state index < -0.39 is 0 Å². The number of nitrogens with two attached hydrogens (primary N) is 1. The Morgan fingerprint density at radius 1 is 1.32 bits per heavy atom. The van der Waals surface area contributed by atoms with E-state index in [1.54, 1.807) is 0 Å². The summed E-state index contributed by atoms with van der Waals surface area (Å²) < 4.78 is 1.07. The Bertz CT molecular complexity index is 406. The molecule has 1 fully saturated rings. The molecule has 1 aromatic carbocycles. The highest BCUT2D eigenvalue weighted by atomic mass is 79.9. The Balaban J connectivity index is 1.94. The molecule has 1 unspecified atom stereocenters. The number of likely N-dealkylation sites (tertiary alicyclic amines) is 1. The smallest absolute Gasteiger partial charge is 0.0461 e. The van der Waals surface area contributed by atoms with Crippen LogP contribution in [0.1, 0.15) is 44.6 Å². The van der Waals surface area contributed by atoms with Crippen molar-refractivity contribution in [3.8, 4) is 0 Å². The summed E-state index contributed by atoms with van der Waals surface area (Å²) in [6, 6.07) is 6.18. The average Bonchev–Trinajstić information content (AvgIpc) is 2.61. The van der Waals surface area contributed by atoms with Gasteiger partial charge >= 0.3 is 0 Å². The topological polar surface area (TPSA) is 29.3 Å². The van der Waals surface area contributed by atoms with E-state index in [0.717, 1.165) is 22.6 Å². The fraction of sp³-hybridized carbons (Fsp3) is 0.625. The molecule has 1 heterocycles. The van der Waals surface area contributed by atoms with Crippen LogP contribution >= 0.6 is 15.9 Å². The van der Waals surface area contributed by atoms with Gasteiger partial charge in [-0.3, -0.25) is 4.90 Å². The minimum absolute atomic E-state index is 0.844. The fourth-order valence-corrected chi connectivity index (χ4v) is 3.43. The van der Waals surface area contributed by atoms with E-state index in [4.69, 9.17) is 5.73 Å². The number of halogens is 1. The highest BCUT2D eigenvalue weighted by Crippen LogP contribution is 2.27. The SMILES string of the molecule is CCCC1CCCN(Cc2cccc(N)c2Br)CC1. The van der Waals surface area contributed by atoms with E-state index >= 15 is 0 Å². The molecule has 0 bridgehead atoms. The van der Waals surface area contributed by atoms with Crippen LogP contribution in [0.4, 0.5) is 5.69 Å². The van der Waals surface area contributed by atoms with Gasteiger partial charge in [-0.15, -0.1) is 0 Å². The van der Waals surface area contributed by atoms with Crippen LogP contribution in [-0.2, 0) is 6.54 Å². The van der Waals surface area contributed by atoms with Gasteiger partial charge in [0.05, 0.1) is 0 Å². The molecule has 0 saturated carbocycles. The van der Waals surface area contributed by atoms with Gasteiger partial charge in [0.25, 0.3) is 0 Å². The third kappa shape index (κ3) is 4.22. The molecular weight excluding hydrogens is 300 g/mol. The van der Waals surface area contributed by atoms with Crippen LogP contribution in [-0.4, -0.2) is 18.0 Å². The van der Waals surface area contributed by atoms with Crippen LogP contribution in [0.5, 0.6) is 0 Å². The van der Waals surface area contributed by atoms with E-state index in [2.05, 4.69) is 33.8 Å². The molecule has 2 N–H and O–H groups in total. The lowest BCUT2D eigenvalue weighted by Crippen LogP contribution is -2.24. The summed E-state index contributed by atoms with van der Waals surface area (Å²) in [5.74, 6) is 0.944. The summed E-state index contributed by atoms with van der Waals surface area (Å²) in [4.78, 5) is 2.58. The standard InChI is InChI=1S/C16H25BrN2/c1-2-5-13-6-4-10-19(11-9-13)12-14-7-3-8-15(18)16(14)17/h3,7-8,13H,2,4-6,9-12,18H2,1H3. The Morgan fingerprint density at radius 3 is 2.95 bits per heavy atom. The van der Waals surface area contributed by atoms with Gasteiger partial charge in [-0.2, -0.15) is 0 Å². The largest absolute Gasteiger partial charge is 0.398 e. The number of anilines is 1. The molecule has 0 amide bonds. The summed E-state index contributed by atoms with van der Waals surface area (Å²) >= 11 is 3.61. The van der Waals surface area contributed by atoms with Gasteiger partial charge in [0.2, 0.25) is 0 Å². The molecule has 0 aromatic heterocycles. The van der Waals surface area contributed by atoms with Crippen molar-refractivity contribution < 1.29 is 0 Å². The summed E-state index contributed by atoms with van der Waals surface area (Å²) in [5.41, 5.74) is 8.11. The Kier molecular flexibility index (Phi) is 5.71. The van der Waals surface area contributed by atoms with Crippen LogP contribution in [0.3, 0.4) is 0 Å². The maximum atomic E-state index is 5.95. The number of nitrogens with zero attached hydrogens (tertiary/aromatic N) is 1. The van der Waals surface area contributed by atoms with Crippen molar-refractivity contribution in [1.29, 1.82) is 0 Å². The van der Waals surface area contributed by atoms with E-state index in [0.29, 0.717) is 0 Å². The van der Waals surface area contributed by atoms with Gasteiger partial charge in [-0.1, -0.05) is 31.9 Å². The first-order chi connectivity index (χ1) is 9.20. The van der Waals surface area contributed by atoms with Gasteiger partial charge in [0.1, 0.15) is 0 Å². The average molecular weight is 325 g/mol. The lowest BCUT2D eigenvalue weighted by Gasteiger charge is -2.21. The van der Waals surface area contributed by atoms with Crippen LogP contribution in [0, 0.1) is 5.92 Å². The normalized spacial score (nSPS) is 21.3. The van der Waals surface area contributed by atoms with E-state index in [-0.39, 0.29) is 0 Å². The van der Waals surface area contributed by atoms with Gasteiger partial charge in [-0.05, 0) is 65.8 Å². The molecule has 2 nitrogen and oxygen atoms in total. The van der Waals surface area contributed by atoms with Crippen LogP contribution in [0.25, 0.3) is 0 Å². The van der Waals surface area contributed by atoms with E-state index in [1.165, 1.54) is 50.8 Å². The predicted molar refractivity (Wildman–Crippen MR) is 86.1 cm³/mol. The van der Waals surface area contributed by atoms with Gasteiger partial charge in [-0.25, -0.2) is 0 Å². The fourth-order valence-electron chi connectivity index (χ4n) is 3.04. The first-order valence-electron chi connectivity index (χ1n) is 7.46. The lowest BCUT2D eigenvalue weighted by atomic mass is 9.96. The van der Waals surface area contributed by atoms with Crippen molar-refractivity contribution in [3.05, 3.63) is 28.2 Å². The monoisotopic (exact) mass is 324 g/mol. The van der Waals surface area contributed by atoms with Crippen LogP contribution < -0.4 is 5.73 Å². The maximum Gasteiger partial charge on any atom is 0.0461 e. The zero-order chi connectivity index (χ0) is 13.7. The third-order valence-electron chi connectivity index (χ3n) is 4.14. The molecule has 1 aliphatic heterocycles. The molecule has 2 rings (SSSR count). The number of rotatable bonds is 4. The second kappa shape index (κ2) is 7.30. The molecule has 1 aromatic rings. The van der Waals surface area contributed by atoms with Crippen molar-refractivity contribution in [2.75, 3.05) is 18.8 Å². The van der Waals surface area contributed by atoms with Gasteiger partial charge < -0.3 is 5.73 Å². The molecule has 1 aliphatic rings. The van der Waals surface area contributed by atoms with E-state index in [9.17, 15) is 0 Å². The van der Waals surface area contributed by atoms with E-state index in [1.807, 2.05) is 12.1 Å². The second-order valence-corrected chi connectivity index (χ2v) is 6.48. The molecule has 3 heteroatoms. The minimum atomic E-state index is 0.844. The lowest BCUT2D eigenvalue weighted by molar-refractivity contribution is 0.271. The van der Waals surface area contributed by atoms with Crippen molar-refractivity contribution in [3.63, 3.8) is 0 Å². The Labute approximate surface area is 125 Å². The highest BCUT2D eigenvalue weighted by Gasteiger charge is 2.17. The number of benzene rings is 1. The molecule has 0 aliphatic carbocycles. The summed E-state index contributed by atoms with van der Waals surface area (Å²) in [5, 5.41) is 0. The molecular formula is C16H25BrN2. The molecule has 19 heavy (non-hydrogen) atoms. The number of nitrogen functional groups attached to an aromatic ring is 1. The quantitative estimate of drug-likeness (QED) is 0.830. The molecule has 0 radical (unpaired) electrons. The number of hydrogen-bond donors (Lipinski definition) is 1. The molecule has 1 saturated heterocycles. The first kappa shape index (κ1) is 14.9.